The highest BCUT2D eigenvalue weighted by molar-refractivity contribution is 8.13. The summed E-state index contributed by atoms with van der Waals surface area (Å²) in [6.45, 7) is 3.44. The molecule has 0 spiro atoms. The average molecular weight is 403 g/mol. The molecule has 0 aliphatic heterocycles. The quantitative estimate of drug-likeness (QED) is 0.523. The first kappa shape index (κ1) is 18.8. The Hall–Kier alpha value is -3.52. The van der Waals surface area contributed by atoms with E-state index < -0.39 is 5.91 Å². The lowest BCUT2D eigenvalue weighted by Gasteiger charge is -2.08. The van der Waals surface area contributed by atoms with Gasteiger partial charge in [0, 0.05) is 18.2 Å². The molecule has 0 radical (unpaired) electrons. The molecule has 4 rings (SSSR count). The Kier molecular flexibility index (Phi) is 4.85. The first-order valence-electron chi connectivity index (χ1n) is 8.85. The maximum atomic E-state index is 12.1. The van der Waals surface area contributed by atoms with Gasteiger partial charge in [-0.05, 0) is 30.8 Å². The minimum atomic E-state index is -0.706. The summed E-state index contributed by atoms with van der Waals surface area (Å²) in [6, 6.07) is 17.1. The lowest BCUT2D eigenvalue weighted by atomic mass is 10.1. The number of para-hydroxylation sites is 1. The van der Waals surface area contributed by atoms with E-state index in [4.69, 9.17) is 5.73 Å². The molecule has 0 unspecified atom stereocenters. The van der Waals surface area contributed by atoms with Crippen molar-refractivity contribution in [2.45, 2.75) is 19.0 Å². The highest BCUT2D eigenvalue weighted by atomic mass is 32.2. The molecule has 29 heavy (non-hydrogen) atoms. The zero-order chi connectivity index (χ0) is 20.5. The maximum Gasteiger partial charge on any atom is 0.269 e. The van der Waals surface area contributed by atoms with E-state index in [1.165, 1.54) is 6.92 Å². The molecule has 0 fully saturated rings. The number of rotatable bonds is 4. The highest BCUT2D eigenvalue weighted by Crippen LogP contribution is 2.30. The van der Waals surface area contributed by atoms with Gasteiger partial charge < -0.3 is 5.73 Å². The zero-order valence-electron chi connectivity index (χ0n) is 15.8. The number of fused-ring (bicyclic) bond motifs is 1. The average Bonchev–Trinajstić information content (AvgIpc) is 3.05. The number of hydrogen-bond donors (Lipinski definition) is 1. The van der Waals surface area contributed by atoms with Gasteiger partial charge in [-0.3, -0.25) is 14.2 Å². The van der Waals surface area contributed by atoms with Crippen LogP contribution in [0, 0.1) is 6.92 Å². The van der Waals surface area contributed by atoms with Crippen LogP contribution in [0.3, 0.4) is 0 Å². The summed E-state index contributed by atoms with van der Waals surface area (Å²) < 4.78 is 1.74. The number of aromatic nitrogens is 4. The van der Waals surface area contributed by atoms with Crippen molar-refractivity contribution >= 4 is 33.9 Å². The van der Waals surface area contributed by atoms with E-state index in [0.29, 0.717) is 16.6 Å². The van der Waals surface area contributed by atoms with Gasteiger partial charge in [0.1, 0.15) is 5.52 Å². The molecular weight excluding hydrogens is 386 g/mol. The van der Waals surface area contributed by atoms with Crippen molar-refractivity contribution in [3.8, 4) is 17.1 Å². The Morgan fingerprint density at radius 1 is 0.966 bits per heavy atom. The summed E-state index contributed by atoms with van der Waals surface area (Å²) in [4.78, 5) is 37.5. The fraction of sp³-hybridized carbons (Fsp3) is 0.0952. The number of carbonyl (C=O) groups excluding carboxylic acids is 2. The fourth-order valence-electron chi connectivity index (χ4n) is 2.95. The Morgan fingerprint density at radius 2 is 1.66 bits per heavy atom. The molecule has 0 saturated carbocycles. The first-order chi connectivity index (χ1) is 13.9. The molecular formula is C21H17N5O2S. The van der Waals surface area contributed by atoms with Gasteiger partial charge in [-0.25, -0.2) is 15.0 Å². The van der Waals surface area contributed by atoms with Crippen molar-refractivity contribution in [1.82, 2.24) is 19.5 Å². The van der Waals surface area contributed by atoms with E-state index in [1.807, 2.05) is 61.5 Å². The van der Waals surface area contributed by atoms with Crippen molar-refractivity contribution in [3.63, 3.8) is 0 Å². The molecule has 0 saturated heterocycles. The SMILES string of the molecule is CC(=O)Sc1nc2c(C(N)=O)nc(-c3ccc(C)cc3)nc2n1-c1ccccc1. The van der Waals surface area contributed by atoms with Crippen molar-refractivity contribution in [3.05, 3.63) is 65.9 Å². The second-order valence-electron chi connectivity index (χ2n) is 6.46. The first-order valence-corrected chi connectivity index (χ1v) is 9.67. The van der Waals surface area contributed by atoms with Gasteiger partial charge in [-0.1, -0.05) is 48.0 Å². The van der Waals surface area contributed by atoms with Crippen LogP contribution in [-0.2, 0) is 4.79 Å². The third-order valence-electron chi connectivity index (χ3n) is 4.27. The van der Waals surface area contributed by atoms with Gasteiger partial charge in [0.15, 0.2) is 27.4 Å². The van der Waals surface area contributed by atoms with Gasteiger partial charge in [-0.2, -0.15) is 0 Å². The predicted octanol–water partition coefficient (Wildman–Crippen LogP) is 3.53. The summed E-state index contributed by atoms with van der Waals surface area (Å²) >= 11 is 0.963. The van der Waals surface area contributed by atoms with E-state index >= 15 is 0 Å². The number of amides is 1. The third-order valence-corrected chi connectivity index (χ3v) is 5.01. The van der Waals surface area contributed by atoms with E-state index in [2.05, 4.69) is 15.0 Å². The highest BCUT2D eigenvalue weighted by Gasteiger charge is 2.23. The lowest BCUT2D eigenvalue weighted by molar-refractivity contribution is -0.109. The number of thioether (sulfide) groups is 1. The molecule has 144 valence electrons. The predicted molar refractivity (Wildman–Crippen MR) is 112 cm³/mol. The Labute approximate surface area is 171 Å². The van der Waals surface area contributed by atoms with Gasteiger partial charge in [-0.15, -0.1) is 0 Å². The molecule has 7 nitrogen and oxygen atoms in total. The van der Waals surface area contributed by atoms with Gasteiger partial charge >= 0.3 is 0 Å². The number of hydrogen-bond acceptors (Lipinski definition) is 6. The molecule has 2 heterocycles. The number of carbonyl (C=O) groups is 2. The minimum Gasteiger partial charge on any atom is -0.364 e. The topological polar surface area (TPSA) is 104 Å². The molecule has 0 aliphatic carbocycles. The Morgan fingerprint density at radius 3 is 2.28 bits per heavy atom. The van der Waals surface area contributed by atoms with E-state index in [-0.39, 0.29) is 16.3 Å². The van der Waals surface area contributed by atoms with Crippen molar-refractivity contribution in [2.75, 3.05) is 0 Å². The molecule has 1 amide bonds. The monoisotopic (exact) mass is 403 g/mol. The summed E-state index contributed by atoms with van der Waals surface area (Å²) in [5.74, 6) is -0.342. The van der Waals surface area contributed by atoms with Crippen LogP contribution < -0.4 is 5.73 Å². The van der Waals surface area contributed by atoms with Crippen LogP contribution in [-0.4, -0.2) is 30.5 Å². The molecule has 0 bridgehead atoms. The lowest BCUT2D eigenvalue weighted by Crippen LogP contribution is -2.15. The van der Waals surface area contributed by atoms with Gasteiger partial charge in [0.05, 0.1) is 0 Å². The molecule has 0 aliphatic rings. The van der Waals surface area contributed by atoms with Crippen molar-refractivity contribution in [1.29, 1.82) is 0 Å². The molecule has 4 aromatic rings. The number of nitrogens with two attached hydrogens (primary N) is 1. The Balaban J connectivity index is 2.06. The molecule has 8 heteroatoms. The zero-order valence-corrected chi connectivity index (χ0v) is 16.6. The number of nitrogens with zero attached hydrogens (tertiary/aromatic N) is 4. The normalized spacial score (nSPS) is 11.0. The number of imidazole rings is 1. The van der Waals surface area contributed by atoms with Gasteiger partial charge in [0.25, 0.3) is 5.91 Å². The Bertz CT molecular complexity index is 1230. The minimum absolute atomic E-state index is 0.0191. The summed E-state index contributed by atoms with van der Waals surface area (Å²) in [5.41, 5.74) is 8.91. The van der Waals surface area contributed by atoms with Crippen LogP contribution in [0.1, 0.15) is 23.0 Å². The third kappa shape index (κ3) is 3.62. The number of benzene rings is 2. The summed E-state index contributed by atoms with van der Waals surface area (Å²) in [7, 11) is 0. The van der Waals surface area contributed by atoms with E-state index in [1.54, 1.807) is 4.57 Å². The van der Waals surface area contributed by atoms with E-state index in [0.717, 1.165) is 28.6 Å². The molecule has 0 atom stereocenters. The van der Waals surface area contributed by atoms with Crippen LogP contribution in [0.2, 0.25) is 0 Å². The second kappa shape index (κ2) is 7.48. The van der Waals surface area contributed by atoms with Crippen LogP contribution in [0.4, 0.5) is 0 Å². The summed E-state index contributed by atoms with van der Waals surface area (Å²) in [5, 5.41) is 0.265. The van der Waals surface area contributed by atoms with Crippen molar-refractivity contribution in [2.24, 2.45) is 5.73 Å². The number of aryl methyl sites for hydroxylation is 1. The van der Waals surface area contributed by atoms with Gasteiger partial charge in [0.2, 0.25) is 0 Å². The molecule has 2 aromatic heterocycles. The van der Waals surface area contributed by atoms with Crippen molar-refractivity contribution < 1.29 is 9.59 Å². The standard InChI is InChI=1S/C21H17N5O2S/c1-12-8-10-14(11-9-12)19-23-16(18(22)28)17-20(25-19)26(15-6-4-3-5-7-15)21(24-17)29-13(2)27/h3-11H,1-2H3,(H2,22,28). The fourth-order valence-corrected chi connectivity index (χ4v) is 3.63. The van der Waals surface area contributed by atoms with E-state index in [9.17, 15) is 9.59 Å². The maximum absolute atomic E-state index is 12.1. The second-order valence-corrected chi connectivity index (χ2v) is 7.60. The molecule has 2 aromatic carbocycles. The van der Waals surface area contributed by atoms with Crippen LogP contribution >= 0.6 is 11.8 Å². The summed E-state index contributed by atoms with van der Waals surface area (Å²) in [6.07, 6.45) is 0. The smallest absolute Gasteiger partial charge is 0.269 e. The number of primary amides is 1. The van der Waals surface area contributed by atoms with Crippen LogP contribution in [0.25, 0.3) is 28.2 Å². The van der Waals surface area contributed by atoms with Crippen LogP contribution in [0.5, 0.6) is 0 Å². The molecule has 2 N–H and O–H groups in total. The largest absolute Gasteiger partial charge is 0.364 e. The van der Waals surface area contributed by atoms with Crippen LogP contribution in [0.15, 0.2) is 59.8 Å².